The summed E-state index contributed by atoms with van der Waals surface area (Å²) in [7, 11) is 3.92. The van der Waals surface area contributed by atoms with Crippen LogP contribution in [0.15, 0.2) is 24.3 Å². The summed E-state index contributed by atoms with van der Waals surface area (Å²) >= 11 is 3.00. The van der Waals surface area contributed by atoms with Crippen molar-refractivity contribution in [3.05, 3.63) is 40.3 Å². The summed E-state index contributed by atoms with van der Waals surface area (Å²) < 4.78 is 1.03. The van der Waals surface area contributed by atoms with Gasteiger partial charge in [-0.2, -0.15) is 0 Å². The second-order valence-electron chi connectivity index (χ2n) is 6.83. The van der Waals surface area contributed by atoms with Crippen molar-refractivity contribution in [1.29, 1.82) is 0 Å². The summed E-state index contributed by atoms with van der Waals surface area (Å²) in [6.07, 6.45) is 1.24. The van der Waals surface area contributed by atoms with Crippen LogP contribution in [0.25, 0.3) is 9.53 Å². The maximum atomic E-state index is 12.7. The van der Waals surface area contributed by atoms with E-state index in [4.69, 9.17) is 0 Å². The monoisotopic (exact) mass is 400 g/mol. The van der Waals surface area contributed by atoms with Gasteiger partial charge in [0.2, 0.25) is 5.91 Å². The van der Waals surface area contributed by atoms with Crippen LogP contribution in [0.2, 0.25) is 0 Å². The van der Waals surface area contributed by atoms with Crippen LogP contribution in [-0.4, -0.2) is 30.9 Å². The molecule has 1 atom stereocenters. The number of thiophene rings is 1. The molecule has 0 saturated carbocycles. The van der Waals surface area contributed by atoms with Crippen LogP contribution >= 0.6 is 22.7 Å². The Labute approximate surface area is 165 Å². The second kappa shape index (κ2) is 6.94. The van der Waals surface area contributed by atoms with E-state index in [1.54, 1.807) is 11.3 Å². The number of fused-ring (bicyclic) bond motifs is 2. The number of rotatable bonds is 4. The van der Waals surface area contributed by atoms with E-state index < -0.39 is 0 Å². The molecule has 0 unspecified atom stereocenters. The molecule has 0 radical (unpaired) electrons. The Bertz CT molecular complexity index is 1010. The first-order chi connectivity index (χ1) is 12.9. The molecule has 4 rings (SSSR count). The van der Waals surface area contributed by atoms with E-state index in [9.17, 15) is 9.59 Å². The predicted molar refractivity (Wildman–Crippen MR) is 111 cm³/mol. The first kappa shape index (κ1) is 17.9. The zero-order chi connectivity index (χ0) is 19.1. The van der Waals surface area contributed by atoms with Gasteiger partial charge in [-0.25, -0.2) is 4.98 Å². The lowest BCUT2D eigenvalue weighted by Gasteiger charge is -2.20. The molecule has 6 nitrogen and oxygen atoms in total. The van der Waals surface area contributed by atoms with Gasteiger partial charge in [0.1, 0.15) is 4.83 Å². The smallest absolute Gasteiger partial charge is 0.261 e. The molecular formula is C19H20N4O2S2. The van der Waals surface area contributed by atoms with Crippen molar-refractivity contribution in [2.75, 3.05) is 24.3 Å². The maximum Gasteiger partial charge on any atom is 0.261 e. The number of carbonyl (C=O) groups is 2. The molecule has 1 aliphatic rings. The summed E-state index contributed by atoms with van der Waals surface area (Å²) in [5, 5.41) is 6.89. The molecule has 3 aromatic rings. The molecule has 0 spiro atoms. The summed E-state index contributed by atoms with van der Waals surface area (Å²) in [5.41, 5.74) is 3.02. The summed E-state index contributed by atoms with van der Waals surface area (Å²) in [4.78, 5) is 32.2. The molecule has 2 amide bonds. The lowest BCUT2D eigenvalue weighted by molar-refractivity contribution is -0.116. The number of benzene rings is 1. The van der Waals surface area contributed by atoms with E-state index in [0.717, 1.165) is 37.9 Å². The van der Waals surface area contributed by atoms with Crippen molar-refractivity contribution in [3.8, 4) is 0 Å². The number of anilines is 2. The number of carbonyl (C=O) groups excluding carboxylic acids is 2. The van der Waals surface area contributed by atoms with Crippen LogP contribution in [0, 0.1) is 0 Å². The molecule has 0 bridgehead atoms. The lowest BCUT2D eigenvalue weighted by atomic mass is 9.98. The molecule has 1 aliphatic heterocycles. The third-order valence-electron chi connectivity index (χ3n) is 4.56. The van der Waals surface area contributed by atoms with Crippen LogP contribution in [-0.2, 0) is 11.2 Å². The summed E-state index contributed by atoms with van der Waals surface area (Å²) in [6.45, 7) is 1.97. The largest absolute Gasteiger partial charge is 0.354 e. The van der Waals surface area contributed by atoms with Gasteiger partial charge in [-0.1, -0.05) is 23.5 Å². The highest BCUT2D eigenvalue weighted by Crippen LogP contribution is 2.34. The molecule has 0 saturated heterocycles. The predicted octanol–water partition coefficient (Wildman–Crippen LogP) is 3.80. The summed E-state index contributed by atoms with van der Waals surface area (Å²) in [6, 6.07) is 7.73. The number of aromatic nitrogens is 1. The number of amides is 2. The van der Waals surface area contributed by atoms with Gasteiger partial charge in [-0.15, -0.1) is 11.3 Å². The maximum absolute atomic E-state index is 12.7. The second-order valence-corrected chi connectivity index (χ2v) is 8.87. The Morgan fingerprint density at radius 2 is 2.07 bits per heavy atom. The van der Waals surface area contributed by atoms with Crippen molar-refractivity contribution >= 4 is 54.8 Å². The van der Waals surface area contributed by atoms with E-state index in [0.29, 0.717) is 11.3 Å². The summed E-state index contributed by atoms with van der Waals surface area (Å²) in [5.74, 6) is -0.0320. The van der Waals surface area contributed by atoms with Gasteiger partial charge in [0.25, 0.3) is 5.91 Å². The van der Waals surface area contributed by atoms with Crippen LogP contribution in [0.1, 0.15) is 40.2 Å². The quantitative estimate of drug-likeness (QED) is 0.699. The van der Waals surface area contributed by atoms with Gasteiger partial charge in [0.05, 0.1) is 15.6 Å². The van der Waals surface area contributed by atoms with Gasteiger partial charge >= 0.3 is 0 Å². The van der Waals surface area contributed by atoms with E-state index >= 15 is 0 Å². The molecule has 3 heterocycles. The van der Waals surface area contributed by atoms with Gasteiger partial charge in [0, 0.05) is 26.2 Å². The van der Waals surface area contributed by atoms with Crippen molar-refractivity contribution < 1.29 is 9.59 Å². The average Bonchev–Trinajstić information content (AvgIpc) is 3.20. The van der Waals surface area contributed by atoms with Gasteiger partial charge in [0.15, 0.2) is 5.13 Å². The Morgan fingerprint density at radius 3 is 2.81 bits per heavy atom. The van der Waals surface area contributed by atoms with Gasteiger partial charge in [-0.3, -0.25) is 9.59 Å². The number of hydrogen-bond donors (Lipinski definition) is 2. The Morgan fingerprint density at radius 1 is 1.26 bits per heavy atom. The molecular weight excluding hydrogens is 380 g/mol. The van der Waals surface area contributed by atoms with Crippen LogP contribution in [0.5, 0.6) is 0 Å². The molecule has 27 heavy (non-hydrogen) atoms. The molecule has 2 aromatic heterocycles. The van der Waals surface area contributed by atoms with Crippen LogP contribution in [0.3, 0.4) is 0 Å². The number of nitrogens with one attached hydrogen (secondary N) is 2. The van der Waals surface area contributed by atoms with Crippen LogP contribution < -0.4 is 15.5 Å². The molecule has 140 valence electrons. The topological polar surface area (TPSA) is 74.3 Å². The van der Waals surface area contributed by atoms with Gasteiger partial charge < -0.3 is 15.5 Å². The first-order valence-electron chi connectivity index (χ1n) is 8.72. The number of thiazole rings is 1. The molecule has 0 fully saturated rings. The first-order valence-corrected chi connectivity index (χ1v) is 10.4. The number of hydrogen-bond acceptors (Lipinski definition) is 6. The zero-order valence-electron chi connectivity index (χ0n) is 15.3. The van der Waals surface area contributed by atoms with E-state index in [2.05, 4.69) is 21.7 Å². The minimum absolute atomic E-state index is 0.0558. The zero-order valence-corrected chi connectivity index (χ0v) is 17.0. The number of aryl methyl sites for hydroxylation is 1. The Hall–Kier alpha value is -2.45. The third-order valence-corrected chi connectivity index (χ3v) is 6.88. The molecule has 1 aromatic carbocycles. The van der Waals surface area contributed by atoms with Crippen molar-refractivity contribution in [1.82, 2.24) is 10.3 Å². The molecule has 2 N–H and O–H groups in total. The fraction of sp³-hybridized carbons (Fsp3) is 0.316. The van der Waals surface area contributed by atoms with E-state index in [-0.39, 0.29) is 17.9 Å². The SMILES string of the molecule is C[C@H](NC(=O)c1cc2sc(N(C)C)nc2s1)c1ccc2c(c1)CCC(=O)N2. The highest BCUT2D eigenvalue weighted by molar-refractivity contribution is 7.29. The Kier molecular flexibility index (Phi) is 4.61. The fourth-order valence-electron chi connectivity index (χ4n) is 3.05. The van der Waals surface area contributed by atoms with E-state index in [1.165, 1.54) is 11.3 Å². The molecule has 8 heteroatoms. The fourth-order valence-corrected chi connectivity index (χ4v) is 5.09. The normalized spacial score (nSPS) is 14.6. The average molecular weight is 401 g/mol. The highest BCUT2D eigenvalue weighted by Gasteiger charge is 2.19. The minimum Gasteiger partial charge on any atom is -0.354 e. The molecule has 0 aliphatic carbocycles. The third kappa shape index (κ3) is 3.54. The minimum atomic E-state index is -0.120. The standard InChI is InChI=1S/C19H20N4O2S2/c1-10(11-4-6-13-12(8-11)5-7-16(24)21-13)20-17(25)14-9-15-18(26-14)22-19(27-15)23(2)3/h4,6,8-10H,5,7H2,1-3H3,(H,20,25)(H,21,24)/t10-/m0/s1. The van der Waals surface area contributed by atoms with Crippen molar-refractivity contribution in [2.24, 2.45) is 0 Å². The van der Waals surface area contributed by atoms with Crippen LogP contribution in [0.4, 0.5) is 10.8 Å². The van der Waals surface area contributed by atoms with Crippen molar-refractivity contribution in [2.45, 2.75) is 25.8 Å². The number of nitrogens with zero attached hydrogens (tertiary/aromatic N) is 2. The van der Waals surface area contributed by atoms with Gasteiger partial charge in [-0.05, 0) is 36.6 Å². The lowest BCUT2D eigenvalue weighted by Crippen LogP contribution is -2.26. The highest BCUT2D eigenvalue weighted by atomic mass is 32.1. The Balaban J connectivity index is 1.49. The van der Waals surface area contributed by atoms with E-state index in [1.807, 2.05) is 44.1 Å². The van der Waals surface area contributed by atoms with Crippen molar-refractivity contribution in [3.63, 3.8) is 0 Å².